The summed E-state index contributed by atoms with van der Waals surface area (Å²) in [5.74, 6) is 0.252. The number of amides is 1. The Balaban J connectivity index is 1.42. The first-order valence-corrected chi connectivity index (χ1v) is 17.3. The molecule has 0 unspecified atom stereocenters. The molecule has 1 fully saturated rings. The summed E-state index contributed by atoms with van der Waals surface area (Å²) in [5, 5.41) is 7.28. The van der Waals surface area contributed by atoms with E-state index in [-0.39, 0.29) is 40.3 Å². The Labute approximate surface area is 275 Å². The predicted molar refractivity (Wildman–Crippen MR) is 184 cm³/mol. The van der Waals surface area contributed by atoms with Crippen LogP contribution < -0.4 is 16.4 Å². The number of nitrogens with two attached hydrogens (primary N) is 1. The normalized spacial score (nSPS) is 17.7. The lowest BCUT2D eigenvalue weighted by Crippen LogP contribution is -2.49. The Kier molecular flexibility index (Phi) is 9.02. The van der Waals surface area contributed by atoms with Crippen LogP contribution in [0.4, 0.5) is 11.8 Å². The first kappa shape index (κ1) is 32.2. The maximum absolute atomic E-state index is 13.8. The van der Waals surface area contributed by atoms with Crippen molar-refractivity contribution in [1.29, 1.82) is 0 Å². The van der Waals surface area contributed by atoms with Gasteiger partial charge in [0.2, 0.25) is 0 Å². The second-order valence-corrected chi connectivity index (χ2v) is 14.3. The number of fused-ring (bicyclic) bond motifs is 2. The van der Waals surface area contributed by atoms with Crippen molar-refractivity contribution in [3.05, 3.63) is 89.3 Å². The molecule has 0 radical (unpaired) electrons. The van der Waals surface area contributed by atoms with E-state index in [2.05, 4.69) is 37.6 Å². The third-order valence-electron chi connectivity index (χ3n) is 8.51. The molecule has 12 nitrogen and oxygen atoms in total. The zero-order chi connectivity index (χ0) is 33.3. The molecular weight excluding hydrogens is 615 g/mol. The van der Waals surface area contributed by atoms with E-state index in [1.807, 2.05) is 40.0 Å². The van der Waals surface area contributed by atoms with Crippen LogP contribution in [0.15, 0.2) is 82.5 Å². The highest BCUT2D eigenvalue weighted by Gasteiger charge is 2.27. The molecule has 6 rings (SSSR count). The molecule has 3 heterocycles. The predicted octanol–water partition coefficient (Wildman–Crippen LogP) is 3.72. The Morgan fingerprint density at radius 2 is 1.77 bits per heavy atom. The van der Waals surface area contributed by atoms with E-state index in [0.29, 0.717) is 30.0 Å². The number of hydrogen-bond acceptors (Lipinski definition) is 9. The summed E-state index contributed by atoms with van der Waals surface area (Å²) >= 11 is 0. The van der Waals surface area contributed by atoms with Crippen molar-refractivity contribution < 1.29 is 13.2 Å². The molecule has 1 atom stereocenters. The number of aliphatic imine (C=N–C) groups is 1. The van der Waals surface area contributed by atoms with E-state index in [1.54, 1.807) is 35.2 Å². The van der Waals surface area contributed by atoms with Crippen LogP contribution >= 0.6 is 0 Å². The smallest absolute Gasteiger partial charge is 0.270 e. The number of aromatic nitrogens is 3. The largest absolute Gasteiger partial charge is 0.384 e. The van der Waals surface area contributed by atoms with Gasteiger partial charge in [-0.05, 0) is 70.0 Å². The number of aryl methyl sites for hydroxylation is 2. The van der Waals surface area contributed by atoms with Crippen molar-refractivity contribution in [2.75, 3.05) is 38.5 Å². The fourth-order valence-electron chi connectivity index (χ4n) is 5.98. The van der Waals surface area contributed by atoms with Crippen molar-refractivity contribution in [3.8, 4) is 0 Å². The minimum Gasteiger partial charge on any atom is -0.384 e. The first-order valence-electron chi connectivity index (χ1n) is 15.9. The van der Waals surface area contributed by atoms with Gasteiger partial charge in [0.15, 0.2) is 5.65 Å². The van der Waals surface area contributed by atoms with Gasteiger partial charge < -0.3 is 26.2 Å². The average Bonchev–Trinajstić information content (AvgIpc) is 3.66. The number of piperazine rings is 1. The molecule has 1 amide bonds. The van der Waals surface area contributed by atoms with Gasteiger partial charge in [-0.2, -0.15) is 15.0 Å². The van der Waals surface area contributed by atoms with Crippen LogP contribution in [-0.2, 0) is 21.2 Å². The average molecular weight is 656 g/mol. The summed E-state index contributed by atoms with van der Waals surface area (Å²) in [5.41, 5.74) is 10.3. The molecule has 1 saturated heterocycles. The summed E-state index contributed by atoms with van der Waals surface area (Å²) in [6.07, 6.45) is 4.75. The Hall–Kier alpha value is -4.75. The summed E-state index contributed by atoms with van der Waals surface area (Å²) in [6, 6.07) is 16.6. The van der Waals surface area contributed by atoms with Gasteiger partial charge in [0, 0.05) is 44.5 Å². The summed E-state index contributed by atoms with van der Waals surface area (Å²) in [6.45, 7) is 8.56. The summed E-state index contributed by atoms with van der Waals surface area (Å²) in [7, 11) is -1.96. The van der Waals surface area contributed by atoms with E-state index < -0.39 is 10.0 Å². The SMILES string of the molecule is Cc1ccc(S(=O)(=O)n2ccc3c(N[C@H]4CCc5ccccc54)nc(/N=C(N)/C=C(\NC(C)C)C(=O)N4CCN(C)CC4)nc32)cc1. The first-order chi connectivity index (χ1) is 22.5. The highest BCUT2D eigenvalue weighted by atomic mass is 32.2. The molecule has 4 N–H and O–H groups in total. The number of nitrogens with one attached hydrogen (secondary N) is 2. The van der Waals surface area contributed by atoms with Gasteiger partial charge in [-0.15, -0.1) is 0 Å². The molecule has 1 aliphatic heterocycles. The zero-order valence-electron chi connectivity index (χ0n) is 27.1. The van der Waals surface area contributed by atoms with Gasteiger partial charge in [0.05, 0.1) is 16.3 Å². The maximum Gasteiger partial charge on any atom is 0.270 e. The molecule has 0 bridgehead atoms. The molecule has 2 aromatic heterocycles. The number of nitrogens with zero attached hydrogens (tertiary/aromatic N) is 6. The Bertz CT molecular complexity index is 1960. The monoisotopic (exact) mass is 655 g/mol. The fourth-order valence-corrected chi connectivity index (χ4v) is 7.28. The topological polar surface area (TPSA) is 151 Å². The molecule has 1 aliphatic carbocycles. The second kappa shape index (κ2) is 13.2. The van der Waals surface area contributed by atoms with E-state index in [4.69, 9.17) is 10.7 Å². The second-order valence-electron chi connectivity index (χ2n) is 12.5. The van der Waals surface area contributed by atoms with Crippen molar-refractivity contribution in [2.45, 2.75) is 50.6 Å². The van der Waals surface area contributed by atoms with Crippen LogP contribution in [0.5, 0.6) is 0 Å². The Morgan fingerprint density at radius 3 is 2.49 bits per heavy atom. The highest BCUT2D eigenvalue weighted by Crippen LogP contribution is 2.36. The minimum atomic E-state index is -3.99. The number of amidine groups is 1. The molecule has 0 saturated carbocycles. The van der Waals surface area contributed by atoms with Crippen molar-refractivity contribution in [2.24, 2.45) is 10.7 Å². The van der Waals surface area contributed by atoms with Crippen molar-refractivity contribution >= 4 is 44.6 Å². The summed E-state index contributed by atoms with van der Waals surface area (Å²) in [4.78, 5) is 31.4. The number of carbonyl (C=O) groups is 1. The van der Waals surface area contributed by atoms with Crippen molar-refractivity contribution in [1.82, 2.24) is 29.1 Å². The molecule has 0 spiro atoms. The van der Waals surface area contributed by atoms with Gasteiger partial charge in [0.1, 0.15) is 17.4 Å². The number of benzene rings is 2. The molecule has 4 aromatic rings. The molecule has 13 heteroatoms. The number of hydrogen-bond donors (Lipinski definition) is 3. The quantitative estimate of drug-likeness (QED) is 0.139. The van der Waals surface area contributed by atoms with Gasteiger partial charge in [-0.3, -0.25) is 4.79 Å². The molecule has 2 aromatic carbocycles. The lowest BCUT2D eigenvalue weighted by molar-refractivity contribution is -0.129. The number of carbonyl (C=O) groups excluding carboxylic acids is 1. The van der Waals surface area contributed by atoms with E-state index in [1.165, 1.54) is 23.4 Å². The van der Waals surface area contributed by atoms with Crippen LogP contribution in [0, 0.1) is 6.92 Å². The number of rotatable bonds is 9. The molecule has 2 aliphatic rings. The summed E-state index contributed by atoms with van der Waals surface area (Å²) < 4.78 is 28.8. The number of anilines is 1. The number of likely N-dealkylation sites (N-methyl/N-ethyl adjacent to an activating group) is 1. The third-order valence-corrected chi connectivity index (χ3v) is 10.2. The molecule has 47 heavy (non-hydrogen) atoms. The van der Waals surface area contributed by atoms with E-state index >= 15 is 0 Å². The van der Waals surface area contributed by atoms with Crippen LogP contribution in [0.25, 0.3) is 11.0 Å². The van der Waals surface area contributed by atoms with Gasteiger partial charge in [0.25, 0.3) is 21.9 Å². The lowest BCUT2D eigenvalue weighted by atomic mass is 10.1. The van der Waals surface area contributed by atoms with Crippen LogP contribution in [0.1, 0.15) is 43.0 Å². The third kappa shape index (κ3) is 6.86. The van der Waals surface area contributed by atoms with Crippen LogP contribution in [-0.4, -0.2) is 83.2 Å². The fraction of sp³-hybridized carbons (Fsp3) is 0.353. The minimum absolute atomic E-state index is 0.00615. The van der Waals surface area contributed by atoms with Gasteiger partial charge in [-0.25, -0.2) is 12.4 Å². The maximum atomic E-state index is 13.8. The van der Waals surface area contributed by atoms with Crippen molar-refractivity contribution in [3.63, 3.8) is 0 Å². The van der Waals surface area contributed by atoms with Crippen LogP contribution in [0.3, 0.4) is 0 Å². The van der Waals surface area contributed by atoms with E-state index in [9.17, 15) is 13.2 Å². The van der Waals surface area contributed by atoms with Crippen LogP contribution in [0.2, 0.25) is 0 Å². The molecular formula is C34H41N9O3S. The lowest BCUT2D eigenvalue weighted by Gasteiger charge is -2.33. The Morgan fingerprint density at radius 1 is 1.04 bits per heavy atom. The van der Waals surface area contributed by atoms with Gasteiger partial charge >= 0.3 is 0 Å². The van der Waals surface area contributed by atoms with E-state index in [0.717, 1.165) is 35.5 Å². The van der Waals surface area contributed by atoms with Gasteiger partial charge in [-0.1, -0.05) is 42.0 Å². The zero-order valence-corrected chi connectivity index (χ0v) is 28.0. The highest BCUT2D eigenvalue weighted by molar-refractivity contribution is 7.90. The standard InChI is InChI=1S/C34H41N9O3S/c1-22(2)36-29(33(44)42-19-17-41(4)18-20-42)21-30(35)38-34-39-31(37-28-14-11-24-7-5-6-8-26(24)28)27-15-16-43(32(27)40-34)47(45,46)25-12-9-23(3)10-13-25/h5-10,12-13,15-16,21-22,28,36H,11,14,17-20H2,1-4H3,(H3,35,37,38,39,40)/b29-21-/t28-/m0/s1. The molecule has 246 valence electrons.